The van der Waals surface area contributed by atoms with Crippen molar-refractivity contribution in [3.8, 4) is 5.75 Å². The van der Waals surface area contributed by atoms with E-state index < -0.39 is 6.61 Å². The lowest BCUT2D eigenvalue weighted by atomic mass is 9.53. The first-order chi connectivity index (χ1) is 11.5. The average molecular weight is 336 g/mol. The van der Waals surface area contributed by atoms with Crippen molar-refractivity contribution in [2.45, 2.75) is 50.7 Å². The number of urea groups is 1. The molecule has 24 heavy (non-hydrogen) atoms. The Labute approximate surface area is 139 Å². The lowest BCUT2D eigenvalue weighted by Crippen LogP contribution is -2.60. The highest BCUT2D eigenvalue weighted by atomic mass is 19.3. The number of rotatable bonds is 4. The quantitative estimate of drug-likeness (QED) is 0.857. The fraction of sp³-hybridized carbons (Fsp3) is 0.611. The molecule has 0 radical (unpaired) electrons. The fourth-order valence-electron chi connectivity index (χ4n) is 5.42. The zero-order chi connectivity index (χ0) is 16.7. The van der Waals surface area contributed by atoms with E-state index in [1.54, 1.807) is 12.1 Å². The van der Waals surface area contributed by atoms with Crippen LogP contribution >= 0.6 is 0 Å². The van der Waals surface area contributed by atoms with Gasteiger partial charge in [0, 0.05) is 17.3 Å². The van der Waals surface area contributed by atoms with E-state index in [1.807, 2.05) is 0 Å². The standard InChI is InChI=1S/C18H22F2N2O2/c19-16(20)24-15-3-1-2-14(7-15)21-17(23)22-18-8-11-4-12(9-18)6-13(5-11)10-18/h1-3,7,11-13,16H,4-6,8-10H2,(H2,21,22,23). The van der Waals surface area contributed by atoms with Crippen LogP contribution in [0.5, 0.6) is 5.75 Å². The minimum atomic E-state index is -2.87. The molecule has 0 aromatic heterocycles. The fourth-order valence-corrected chi connectivity index (χ4v) is 5.42. The van der Waals surface area contributed by atoms with Crippen LogP contribution in [0.4, 0.5) is 19.3 Å². The van der Waals surface area contributed by atoms with Crippen LogP contribution in [0.3, 0.4) is 0 Å². The Morgan fingerprint density at radius 3 is 2.33 bits per heavy atom. The number of benzene rings is 1. The molecule has 4 bridgehead atoms. The molecule has 6 heteroatoms. The van der Waals surface area contributed by atoms with Gasteiger partial charge in [-0.1, -0.05) is 6.07 Å². The first-order valence-electron chi connectivity index (χ1n) is 8.64. The molecular formula is C18H22F2N2O2. The summed E-state index contributed by atoms with van der Waals surface area (Å²) in [5, 5.41) is 5.95. The van der Waals surface area contributed by atoms with Gasteiger partial charge in [0.1, 0.15) is 5.75 Å². The van der Waals surface area contributed by atoms with E-state index >= 15 is 0 Å². The van der Waals surface area contributed by atoms with Crippen LogP contribution in [0.2, 0.25) is 0 Å². The average Bonchev–Trinajstić information content (AvgIpc) is 2.44. The highest BCUT2D eigenvalue weighted by Gasteiger charge is 2.51. The van der Waals surface area contributed by atoms with Crippen LogP contribution in [0, 0.1) is 17.8 Å². The molecule has 2 amide bonds. The lowest BCUT2D eigenvalue weighted by Gasteiger charge is -2.56. The van der Waals surface area contributed by atoms with E-state index in [-0.39, 0.29) is 17.3 Å². The number of hydrogen-bond donors (Lipinski definition) is 2. The van der Waals surface area contributed by atoms with Gasteiger partial charge in [0.05, 0.1) is 0 Å². The third-order valence-electron chi connectivity index (χ3n) is 5.73. The number of alkyl halides is 2. The predicted molar refractivity (Wildman–Crippen MR) is 86.1 cm³/mol. The Morgan fingerprint density at radius 1 is 1.12 bits per heavy atom. The van der Waals surface area contributed by atoms with Crippen LogP contribution in [0.25, 0.3) is 0 Å². The van der Waals surface area contributed by atoms with Crippen molar-refractivity contribution in [3.63, 3.8) is 0 Å². The van der Waals surface area contributed by atoms with E-state index in [4.69, 9.17) is 0 Å². The number of ether oxygens (including phenoxy) is 1. The van der Waals surface area contributed by atoms with E-state index in [0.717, 1.165) is 37.0 Å². The molecule has 130 valence electrons. The van der Waals surface area contributed by atoms with Gasteiger partial charge in [-0.3, -0.25) is 0 Å². The molecule has 4 fully saturated rings. The van der Waals surface area contributed by atoms with Gasteiger partial charge in [0.15, 0.2) is 0 Å². The summed E-state index contributed by atoms with van der Waals surface area (Å²) in [6.45, 7) is -2.87. The van der Waals surface area contributed by atoms with Gasteiger partial charge >= 0.3 is 12.6 Å². The Bertz CT molecular complexity index is 600. The van der Waals surface area contributed by atoms with Crippen LogP contribution in [0.1, 0.15) is 38.5 Å². The monoisotopic (exact) mass is 336 g/mol. The van der Waals surface area contributed by atoms with Gasteiger partial charge in [-0.05, 0) is 68.4 Å². The second-order valence-electron chi connectivity index (χ2n) is 7.68. The highest BCUT2D eigenvalue weighted by molar-refractivity contribution is 5.90. The number of carbonyl (C=O) groups excluding carboxylic acids is 1. The molecule has 4 nitrogen and oxygen atoms in total. The van der Waals surface area contributed by atoms with Gasteiger partial charge < -0.3 is 15.4 Å². The lowest BCUT2D eigenvalue weighted by molar-refractivity contribution is -0.0498. The normalized spacial score (nSPS) is 33.5. The highest BCUT2D eigenvalue weighted by Crippen LogP contribution is 2.55. The summed E-state index contributed by atoms with van der Waals surface area (Å²) in [5.41, 5.74) is 0.381. The minimum Gasteiger partial charge on any atom is -0.435 e. The van der Waals surface area contributed by atoms with E-state index in [0.29, 0.717) is 5.69 Å². The zero-order valence-electron chi connectivity index (χ0n) is 13.4. The molecule has 4 aliphatic rings. The molecule has 2 N–H and O–H groups in total. The second kappa shape index (κ2) is 5.90. The topological polar surface area (TPSA) is 50.4 Å². The number of halogens is 2. The molecule has 0 aliphatic heterocycles. The summed E-state index contributed by atoms with van der Waals surface area (Å²) in [5.74, 6) is 2.29. The molecule has 0 unspecified atom stereocenters. The molecule has 1 aromatic rings. The molecular weight excluding hydrogens is 314 g/mol. The van der Waals surface area contributed by atoms with Crippen LogP contribution in [-0.4, -0.2) is 18.2 Å². The summed E-state index contributed by atoms with van der Waals surface area (Å²) in [6, 6.07) is 5.83. The van der Waals surface area contributed by atoms with E-state index in [1.165, 1.54) is 31.4 Å². The Balaban J connectivity index is 1.40. The van der Waals surface area contributed by atoms with Gasteiger partial charge in [-0.2, -0.15) is 8.78 Å². The van der Waals surface area contributed by atoms with Gasteiger partial charge in [-0.25, -0.2) is 4.79 Å². The van der Waals surface area contributed by atoms with E-state index in [9.17, 15) is 13.6 Å². The summed E-state index contributed by atoms with van der Waals surface area (Å²) >= 11 is 0. The van der Waals surface area contributed by atoms with Crippen molar-refractivity contribution < 1.29 is 18.3 Å². The summed E-state index contributed by atoms with van der Waals surface area (Å²) < 4.78 is 28.9. The molecule has 5 rings (SSSR count). The maximum absolute atomic E-state index is 12.4. The van der Waals surface area contributed by atoms with Crippen molar-refractivity contribution in [1.29, 1.82) is 0 Å². The first-order valence-corrected chi connectivity index (χ1v) is 8.64. The summed E-state index contributed by atoms with van der Waals surface area (Å²) in [6.07, 6.45) is 7.16. The summed E-state index contributed by atoms with van der Waals surface area (Å²) in [4.78, 5) is 12.4. The Hall–Kier alpha value is -1.85. The maximum atomic E-state index is 12.4. The number of hydrogen-bond acceptors (Lipinski definition) is 2. The first kappa shape index (κ1) is 15.7. The Kier molecular flexibility index (Phi) is 3.85. The minimum absolute atomic E-state index is 0.0394. The second-order valence-corrected chi connectivity index (χ2v) is 7.68. The maximum Gasteiger partial charge on any atom is 0.387 e. The van der Waals surface area contributed by atoms with Gasteiger partial charge in [0.25, 0.3) is 0 Å². The van der Waals surface area contributed by atoms with Crippen molar-refractivity contribution in [3.05, 3.63) is 24.3 Å². The molecule has 0 atom stereocenters. The molecule has 0 spiro atoms. The molecule has 1 aromatic carbocycles. The van der Waals surface area contributed by atoms with Crippen molar-refractivity contribution in [2.75, 3.05) is 5.32 Å². The zero-order valence-corrected chi connectivity index (χ0v) is 13.4. The van der Waals surface area contributed by atoms with Crippen molar-refractivity contribution >= 4 is 11.7 Å². The third-order valence-corrected chi connectivity index (χ3v) is 5.73. The molecule has 0 saturated heterocycles. The number of anilines is 1. The van der Waals surface area contributed by atoms with Crippen molar-refractivity contribution in [2.24, 2.45) is 17.8 Å². The molecule has 4 aliphatic carbocycles. The molecule has 0 heterocycles. The SMILES string of the molecule is O=C(Nc1cccc(OC(F)F)c1)NC12CC3CC(CC(C3)C1)C2. The molecule has 4 saturated carbocycles. The van der Waals surface area contributed by atoms with Crippen LogP contribution < -0.4 is 15.4 Å². The number of carbonyl (C=O) groups is 1. The van der Waals surface area contributed by atoms with Gasteiger partial charge in [0.2, 0.25) is 0 Å². The van der Waals surface area contributed by atoms with Gasteiger partial charge in [-0.15, -0.1) is 0 Å². The summed E-state index contributed by atoms with van der Waals surface area (Å²) in [7, 11) is 0. The van der Waals surface area contributed by atoms with Crippen LogP contribution in [0.15, 0.2) is 24.3 Å². The van der Waals surface area contributed by atoms with E-state index in [2.05, 4.69) is 15.4 Å². The Morgan fingerprint density at radius 2 is 1.75 bits per heavy atom. The largest absolute Gasteiger partial charge is 0.435 e. The third kappa shape index (κ3) is 3.19. The number of amides is 2. The predicted octanol–water partition coefficient (Wildman–Crippen LogP) is 4.38. The van der Waals surface area contributed by atoms with Crippen LogP contribution in [-0.2, 0) is 0 Å². The van der Waals surface area contributed by atoms with Crippen molar-refractivity contribution in [1.82, 2.24) is 5.32 Å². The smallest absolute Gasteiger partial charge is 0.387 e. The number of nitrogens with one attached hydrogen (secondary N) is 2.